The Hall–Kier alpha value is -1.75. The number of hydrogen-bond acceptors (Lipinski definition) is 5. The molecular formula is C20H33NO4. The largest absolute Gasteiger partial charge is 0.504 e. The molecule has 0 aromatic heterocycles. The van der Waals surface area contributed by atoms with E-state index in [9.17, 15) is 9.90 Å². The minimum Gasteiger partial charge on any atom is -0.504 e. The summed E-state index contributed by atoms with van der Waals surface area (Å²) >= 11 is 0. The third-order valence-electron chi connectivity index (χ3n) is 4.62. The molecule has 0 aliphatic rings. The molecule has 0 aliphatic carbocycles. The maximum absolute atomic E-state index is 12.4. The molecule has 0 saturated heterocycles. The minimum atomic E-state index is -0.387. The van der Waals surface area contributed by atoms with Crippen molar-refractivity contribution in [3.63, 3.8) is 0 Å². The number of carbonyl (C=O) groups excluding carboxylic acids is 1. The predicted octanol–water partition coefficient (Wildman–Crippen LogP) is 4.09. The molecule has 0 heterocycles. The summed E-state index contributed by atoms with van der Waals surface area (Å²) < 4.78 is 11.0. The summed E-state index contributed by atoms with van der Waals surface area (Å²) in [6.07, 6.45) is 1.86. The molecule has 0 bridgehead atoms. The number of aromatic hydroxyl groups is 1. The number of hydrogen-bond donors (Lipinski definition) is 1. The molecule has 0 fully saturated rings. The zero-order chi connectivity index (χ0) is 18.8. The van der Waals surface area contributed by atoms with Gasteiger partial charge in [-0.1, -0.05) is 41.0 Å². The molecule has 0 spiro atoms. The number of nitrogens with zero attached hydrogens (tertiary/aromatic N) is 1. The first kappa shape index (κ1) is 21.3. The van der Waals surface area contributed by atoms with Crippen molar-refractivity contribution in [3.05, 3.63) is 23.8 Å². The molecule has 1 aromatic rings. The summed E-state index contributed by atoms with van der Waals surface area (Å²) in [5.74, 6) is 0.405. The van der Waals surface area contributed by atoms with E-state index in [-0.39, 0.29) is 17.8 Å². The second-order valence-electron chi connectivity index (χ2n) is 6.30. The quantitative estimate of drug-likeness (QED) is 0.608. The number of phenolic OH excluding ortho intramolecular Hbond substituents is 1. The molecule has 0 saturated carbocycles. The number of esters is 1. The van der Waals surface area contributed by atoms with Gasteiger partial charge in [-0.2, -0.15) is 0 Å². The van der Waals surface area contributed by atoms with E-state index < -0.39 is 0 Å². The molecule has 1 unspecified atom stereocenters. The van der Waals surface area contributed by atoms with Gasteiger partial charge in [0.1, 0.15) is 6.61 Å². The highest BCUT2D eigenvalue weighted by atomic mass is 16.5. The number of phenols is 1. The maximum Gasteiger partial charge on any atom is 0.338 e. The molecule has 1 N–H and O–H groups in total. The number of carbonyl (C=O) groups is 1. The fourth-order valence-corrected chi connectivity index (χ4v) is 2.81. The van der Waals surface area contributed by atoms with Gasteiger partial charge in [0, 0.05) is 6.04 Å². The first-order valence-corrected chi connectivity index (χ1v) is 9.35. The second kappa shape index (κ2) is 11.0. The molecule has 5 heteroatoms. The first-order valence-electron chi connectivity index (χ1n) is 9.35. The Morgan fingerprint density at radius 3 is 2.44 bits per heavy atom. The Morgan fingerprint density at radius 2 is 1.88 bits per heavy atom. The molecule has 0 amide bonds. The van der Waals surface area contributed by atoms with Crippen molar-refractivity contribution in [2.75, 3.05) is 26.3 Å². The van der Waals surface area contributed by atoms with Gasteiger partial charge >= 0.3 is 5.97 Å². The predicted molar refractivity (Wildman–Crippen MR) is 100 cm³/mol. The lowest BCUT2D eigenvalue weighted by Gasteiger charge is -2.33. The standard InChI is InChI=1S/C20H33NO4/c1-6-12-24-19-13-16(10-11-18(19)22)20(23)25-14-17(15(5)7-2)21(8-3)9-4/h10-11,13,15,17,22H,6-9,12,14H2,1-5H3/t15?,17-/m0/s1. The Bertz CT molecular complexity index is 528. The van der Waals surface area contributed by atoms with Crippen LogP contribution < -0.4 is 4.74 Å². The van der Waals surface area contributed by atoms with Gasteiger partial charge in [-0.15, -0.1) is 0 Å². The van der Waals surface area contributed by atoms with Crippen LogP contribution in [0.25, 0.3) is 0 Å². The minimum absolute atomic E-state index is 0.0330. The Balaban J connectivity index is 2.79. The van der Waals surface area contributed by atoms with E-state index in [0.29, 0.717) is 30.4 Å². The summed E-state index contributed by atoms with van der Waals surface area (Å²) in [5, 5.41) is 9.82. The summed E-state index contributed by atoms with van der Waals surface area (Å²) in [6.45, 7) is 13.3. The van der Waals surface area contributed by atoms with Crippen molar-refractivity contribution in [1.29, 1.82) is 0 Å². The van der Waals surface area contributed by atoms with Crippen LogP contribution in [-0.2, 0) is 4.74 Å². The molecule has 2 atom stereocenters. The average Bonchev–Trinajstić information content (AvgIpc) is 2.63. The molecule has 0 aliphatic heterocycles. The third kappa shape index (κ3) is 6.24. The van der Waals surface area contributed by atoms with Gasteiger partial charge in [0.25, 0.3) is 0 Å². The highest BCUT2D eigenvalue weighted by Crippen LogP contribution is 2.27. The zero-order valence-electron chi connectivity index (χ0n) is 16.2. The second-order valence-corrected chi connectivity index (χ2v) is 6.30. The highest BCUT2D eigenvalue weighted by Gasteiger charge is 2.23. The van der Waals surface area contributed by atoms with Crippen molar-refractivity contribution >= 4 is 5.97 Å². The molecule has 1 aromatic carbocycles. The SMILES string of the molecule is CCCOc1cc(C(=O)OC[C@@H](C(C)CC)N(CC)CC)ccc1O. The van der Waals surface area contributed by atoms with E-state index in [2.05, 4.69) is 32.6 Å². The van der Waals surface area contributed by atoms with Crippen molar-refractivity contribution < 1.29 is 19.4 Å². The summed E-state index contributed by atoms with van der Waals surface area (Å²) in [5.41, 5.74) is 0.395. The molecule has 25 heavy (non-hydrogen) atoms. The van der Waals surface area contributed by atoms with Crippen molar-refractivity contribution in [3.8, 4) is 11.5 Å². The van der Waals surface area contributed by atoms with E-state index >= 15 is 0 Å². The van der Waals surface area contributed by atoms with E-state index in [1.807, 2.05) is 6.92 Å². The number of ether oxygens (including phenoxy) is 2. The van der Waals surface area contributed by atoms with E-state index in [1.54, 1.807) is 12.1 Å². The lowest BCUT2D eigenvalue weighted by atomic mass is 9.98. The summed E-state index contributed by atoms with van der Waals surface area (Å²) in [6, 6.07) is 4.78. The van der Waals surface area contributed by atoms with Gasteiger partial charge in [0.05, 0.1) is 12.2 Å². The van der Waals surface area contributed by atoms with Crippen LogP contribution in [0.2, 0.25) is 0 Å². The molecule has 1 rings (SSSR count). The number of rotatable bonds is 11. The zero-order valence-corrected chi connectivity index (χ0v) is 16.2. The summed E-state index contributed by atoms with van der Waals surface area (Å²) in [4.78, 5) is 14.7. The van der Waals surface area contributed by atoms with E-state index in [4.69, 9.17) is 9.47 Å². The first-order chi connectivity index (χ1) is 12.0. The van der Waals surface area contributed by atoms with Crippen molar-refractivity contribution in [2.45, 2.75) is 53.5 Å². The maximum atomic E-state index is 12.4. The average molecular weight is 351 g/mol. The van der Waals surface area contributed by atoms with Crippen LogP contribution in [0.5, 0.6) is 11.5 Å². The topological polar surface area (TPSA) is 59.0 Å². The van der Waals surface area contributed by atoms with Crippen LogP contribution >= 0.6 is 0 Å². The lowest BCUT2D eigenvalue weighted by Crippen LogP contribution is -2.43. The van der Waals surface area contributed by atoms with Crippen LogP contribution in [0.1, 0.15) is 57.8 Å². The Labute approximate surface area is 151 Å². The normalized spacial score (nSPS) is 13.5. The molecule has 5 nitrogen and oxygen atoms in total. The number of benzene rings is 1. The Morgan fingerprint density at radius 1 is 1.20 bits per heavy atom. The van der Waals surface area contributed by atoms with Crippen LogP contribution in [0.4, 0.5) is 0 Å². The van der Waals surface area contributed by atoms with Crippen LogP contribution in [-0.4, -0.2) is 48.3 Å². The van der Waals surface area contributed by atoms with Gasteiger partial charge in [0.2, 0.25) is 0 Å². The fourth-order valence-electron chi connectivity index (χ4n) is 2.81. The van der Waals surface area contributed by atoms with Crippen LogP contribution in [0.3, 0.4) is 0 Å². The van der Waals surface area contributed by atoms with E-state index in [0.717, 1.165) is 25.9 Å². The highest BCUT2D eigenvalue weighted by molar-refractivity contribution is 5.90. The van der Waals surface area contributed by atoms with Gasteiger partial charge in [-0.3, -0.25) is 4.90 Å². The van der Waals surface area contributed by atoms with Crippen LogP contribution in [0, 0.1) is 5.92 Å². The molecule has 0 radical (unpaired) electrons. The fraction of sp³-hybridized carbons (Fsp3) is 0.650. The lowest BCUT2D eigenvalue weighted by molar-refractivity contribution is 0.0271. The smallest absolute Gasteiger partial charge is 0.338 e. The Kier molecular flexibility index (Phi) is 9.35. The summed E-state index contributed by atoms with van der Waals surface area (Å²) in [7, 11) is 0. The third-order valence-corrected chi connectivity index (χ3v) is 4.62. The van der Waals surface area contributed by atoms with Gasteiger partial charge in [-0.05, 0) is 43.6 Å². The van der Waals surface area contributed by atoms with Gasteiger partial charge in [-0.25, -0.2) is 4.79 Å². The number of likely N-dealkylation sites (N-methyl/N-ethyl adjacent to an activating group) is 1. The van der Waals surface area contributed by atoms with Crippen LogP contribution in [0.15, 0.2) is 18.2 Å². The van der Waals surface area contributed by atoms with Crippen molar-refractivity contribution in [2.24, 2.45) is 5.92 Å². The molecule has 142 valence electrons. The van der Waals surface area contributed by atoms with Crippen molar-refractivity contribution in [1.82, 2.24) is 4.90 Å². The molecular weight excluding hydrogens is 318 g/mol. The van der Waals surface area contributed by atoms with E-state index in [1.165, 1.54) is 6.07 Å². The van der Waals surface area contributed by atoms with Gasteiger partial charge in [0.15, 0.2) is 11.5 Å². The van der Waals surface area contributed by atoms with Gasteiger partial charge < -0.3 is 14.6 Å². The monoisotopic (exact) mass is 351 g/mol.